The average molecular weight is 229 g/mol. The Morgan fingerprint density at radius 1 is 1.47 bits per heavy atom. The number of H-pyrrole nitrogens is 1. The zero-order valence-corrected chi connectivity index (χ0v) is 9.26. The van der Waals surface area contributed by atoms with Gasteiger partial charge in [0.15, 0.2) is 0 Å². The van der Waals surface area contributed by atoms with E-state index in [1.807, 2.05) is 0 Å². The van der Waals surface area contributed by atoms with Crippen LogP contribution in [0.15, 0.2) is 6.20 Å². The molecule has 0 aliphatic carbocycles. The van der Waals surface area contributed by atoms with Crippen LogP contribution in [0.5, 0.6) is 0 Å². The minimum atomic E-state index is -2.79. The Labute approximate surface area is 89.0 Å². The Bertz CT molecular complexity index is 424. The largest absolute Gasteiger partial charge is 0.326 e. The van der Waals surface area contributed by atoms with Gasteiger partial charge in [0.25, 0.3) is 0 Å². The number of hydrogen-bond donors (Lipinski definition) is 2. The Balaban J connectivity index is 2.14. The van der Waals surface area contributed by atoms with Gasteiger partial charge in [-0.3, -0.25) is 5.10 Å². The number of nitrogens with zero attached hydrogens (tertiary/aromatic N) is 1. The fraction of sp³-hybridized carbons (Fsp3) is 0.667. The molecule has 2 heterocycles. The van der Waals surface area contributed by atoms with E-state index in [2.05, 4.69) is 10.2 Å². The van der Waals surface area contributed by atoms with Gasteiger partial charge in [-0.1, -0.05) is 0 Å². The van der Waals surface area contributed by atoms with Gasteiger partial charge < -0.3 is 5.73 Å². The zero-order valence-electron chi connectivity index (χ0n) is 8.44. The first-order valence-corrected chi connectivity index (χ1v) is 6.87. The van der Waals surface area contributed by atoms with Crippen molar-refractivity contribution in [2.24, 2.45) is 5.73 Å². The third-order valence-corrected chi connectivity index (χ3v) is 4.65. The maximum atomic E-state index is 11.3. The quantitative estimate of drug-likeness (QED) is 0.756. The van der Waals surface area contributed by atoms with Crippen LogP contribution in [0.4, 0.5) is 0 Å². The third kappa shape index (κ3) is 2.21. The molecular weight excluding hydrogens is 214 g/mol. The minimum absolute atomic E-state index is 0.273. The molecule has 1 fully saturated rings. The van der Waals surface area contributed by atoms with E-state index < -0.39 is 9.84 Å². The summed E-state index contributed by atoms with van der Waals surface area (Å²) in [6, 6.07) is 0. The van der Waals surface area contributed by atoms with Crippen molar-refractivity contribution in [1.29, 1.82) is 0 Å². The summed E-state index contributed by atoms with van der Waals surface area (Å²) >= 11 is 0. The third-order valence-electron chi connectivity index (χ3n) is 2.93. The van der Waals surface area contributed by atoms with Crippen LogP contribution in [-0.2, 0) is 16.4 Å². The molecule has 0 bridgehead atoms. The van der Waals surface area contributed by atoms with Crippen molar-refractivity contribution in [1.82, 2.24) is 10.2 Å². The van der Waals surface area contributed by atoms with Crippen LogP contribution in [0, 0.1) is 0 Å². The highest BCUT2D eigenvalue weighted by molar-refractivity contribution is 7.91. The molecular formula is C9H15N3O2S. The van der Waals surface area contributed by atoms with Crippen molar-refractivity contribution in [2.45, 2.75) is 25.3 Å². The average Bonchev–Trinajstić information content (AvgIpc) is 2.65. The van der Waals surface area contributed by atoms with Gasteiger partial charge in [0.2, 0.25) is 0 Å². The number of rotatable bonds is 2. The van der Waals surface area contributed by atoms with Crippen molar-refractivity contribution < 1.29 is 8.42 Å². The van der Waals surface area contributed by atoms with Gasteiger partial charge in [0.05, 0.1) is 17.7 Å². The molecule has 0 unspecified atom stereocenters. The molecule has 0 saturated carbocycles. The molecule has 0 radical (unpaired) electrons. The number of aromatic amines is 1. The van der Waals surface area contributed by atoms with E-state index in [9.17, 15) is 8.42 Å². The van der Waals surface area contributed by atoms with E-state index in [4.69, 9.17) is 5.73 Å². The molecule has 0 aromatic carbocycles. The van der Waals surface area contributed by atoms with Crippen molar-refractivity contribution in [3.63, 3.8) is 0 Å². The van der Waals surface area contributed by atoms with Crippen LogP contribution in [0.1, 0.15) is 30.0 Å². The Kier molecular flexibility index (Phi) is 2.79. The lowest BCUT2D eigenvalue weighted by molar-refractivity contribution is 0.542. The standard InChI is InChI=1S/C9H15N3O2S/c10-5-8-6-11-12-9(8)7-1-3-15(13,14)4-2-7/h6-7H,1-5,10H2,(H,11,12). The van der Waals surface area contributed by atoms with Crippen LogP contribution in [0.3, 0.4) is 0 Å². The number of nitrogens with two attached hydrogens (primary N) is 1. The summed E-state index contributed by atoms with van der Waals surface area (Å²) in [6.45, 7) is 0.453. The molecule has 15 heavy (non-hydrogen) atoms. The van der Waals surface area contributed by atoms with Crippen LogP contribution >= 0.6 is 0 Å². The molecule has 2 rings (SSSR count). The molecule has 0 amide bonds. The smallest absolute Gasteiger partial charge is 0.150 e. The number of aromatic nitrogens is 2. The zero-order chi connectivity index (χ0) is 10.9. The normalized spacial score (nSPS) is 21.7. The highest BCUT2D eigenvalue weighted by atomic mass is 32.2. The van der Waals surface area contributed by atoms with E-state index in [0.717, 1.165) is 11.3 Å². The lowest BCUT2D eigenvalue weighted by Crippen LogP contribution is -2.23. The van der Waals surface area contributed by atoms with E-state index in [1.165, 1.54) is 0 Å². The lowest BCUT2D eigenvalue weighted by atomic mass is 9.96. The second kappa shape index (κ2) is 3.94. The molecule has 1 aromatic heterocycles. The fourth-order valence-corrected chi connectivity index (χ4v) is 3.51. The van der Waals surface area contributed by atoms with Crippen LogP contribution < -0.4 is 5.73 Å². The molecule has 0 spiro atoms. The van der Waals surface area contributed by atoms with Crippen LogP contribution in [-0.4, -0.2) is 30.1 Å². The van der Waals surface area contributed by atoms with Gasteiger partial charge in [0, 0.05) is 23.7 Å². The number of hydrogen-bond acceptors (Lipinski definition) is 4. The topological polar surface area (TPSA) is 88.8 Å². The van der Waals surface area contributed by atoms with E-state index in [0.29, 0.717) is 19.4 Å². The fourth-order valence-electron chi connectivity index (χ4n) is 2.02. The minimum Gasteiger partial charge on any atom is -0.326 e. The van der Waals surface area contributed by atoms with Crippen LogP contribution in [0.2, 0.25) is 0 Å². The molecule has 6 heteroatoms. The van der Waals surface area contributed by atoms with Crippen LogP contribution in [0.25, 0.3) is 0 Å². The molecule has 0 atom stereocenters. The molecule has 5 nitrogen and oxygen atoms in total. The summed E-state index contributed by atoms with van der Waals surface area (Å²) in [5.74, 6) is 0.830. The van der Waals surface area contributed by atoms with E-state index in [-0.39, 0.29) is 17.4 Å². The van der Waals surface area contributed by atoms with Gasteiger partial charge >= 0.3 is 0 Å². The van der Waals surface area contributed by atoms with Gasteiger partial charge in [0.1, 0.15) is 9.84 Å². The monoisotopic (exact) mass is 229 g/mol. The maximum Gasteiger partial charge on any atom is 0.150 e. The highest BCUT2D eigenvalue weighted by Gasteiger charge is 2.26. The van der Waals surface area contributed by atoms with Crippen molar-refractivity contribution in [3.8, 4) is 0 Å². The van der Waals surface area contributed by atoms with Gasteiger partial charge in [-0.15, -0.1) is 0 Å². The predicted octanol–water partition coefficient (Wildman–Crippen LogP) is 0.161. The SMILES string of the molecule is NCc1cn[nH]c1C1CCS(=O)(=O)CC1. The first-order valence-electron chi connectivity index (χ1n) is 5.05. The number of sulfone groups is 1. The summed E-state index contributed by atoms with van der Waals surface area (Å²) < 4.78 is 22.5. The second-order valence-electron chi connectivity index (χ2n) is 3.94. The Morgan fingerprint density at radius 3 is 2.73 bits per heavy atom. The highest BCUT2D eigenvalue weighted by Crippen LogP contribution is 2.29. The Morgan fingerprint density at radius 2 is 2.13 bits per heavy atom. The van der Waals surface area contributed by atoms with Crippen molar-refractivity contribution in [3.05, 3.63) is 17.5 Å². The van der Waals surface area contributed by atoms with E-state index in [1.54, 1.807) is 6.20 Å². The summed E-state index contributed by atoms with van der Waals surface area (Å²) in [5, 5.41) is 6.88. The Hall–Kier alpha value is -0.880. The first kappa shape index (κ1) is 10.6. The molecule has 1 aliphatic rings. The first-order chi connectivity index (χ1) is 7.12. The molecule has 1 aromatic rings. The molecule has 1 aliphatic heterocycles. The molecule has 3 N–H and O–H groups in total. The maximum absolute atomic E-state index is 11.3. The van der Waals surface area contributed by atoms with E-state index >= 15 is 0 Å². The summed E-state index contributed by atoms with van der Waals surface area (Å²) in [6.07, 6.45) is 3.08. The van der Waals surface area contributed by atoms with Gasteiger partial charge in [-0.05, 0) is 12.8 Å². The second-order valence-corrected chi connectivity index (χ2v) is 6.24. The number of nitrogens with one attached hydrogen (secondary N) is 1. The summed E-state index contributed by atoms with van der Waals surface area (Å²) in [5.41, 5.74) is 7.60. The summed E-state index contributed by atoms with van der Waals surface area (Å²) in [4.78, 5) is 0. The van der Waals surface area contributed by atoms with Crippen molar-refractivity contribution in [2.75, 3.05) is 11.5 Å². The predicted molar refractivity (Wildman–Crippen MR) is 57.1 cm³/mol. The van der Waals surface area contributed by atoms with Gasteiger partial charge in [-0.2, -0.15) is 5.10 Å². The lowest BCUT2D eigenvalue weighted by Gasteiger charge is -2.21. The molecule has 1 saturated heterocycles. The van der Waals surface area contributed by atoms with Crippen molar-refractivity contribution >= 4 is 9.84 Å². The molecule has 84 valence electrons. The summed E-state index contributed by atoms with van der Waals surface area (Å²) in [7, 11) is -2.79. The van der Waals surface area contributed by atoms with Gasteiger partial charge in [-0.25, -0.2) is 8.42 Å².